The van der Waals surface area contributed by atoms with Gasteiger partial charge in [0.25, 0.3) is 0 Å². The number of nitrogens with zero attached hydrogens (tertiary/aromatic N) is 2. The largest absolute Gasteiger partial charge is 0.487 e. The van der Waals surface area contributed by atoms with Gasteiger partial charge in [0.15, 0.2) is 6.10 Å². The molecule has 0 saturated heterocycles. The molecule has 0 spiro atoms. The number of benzene rings is 1. The maximum Gasteiger partial charge on any atom is 0.392 e. The van der Waals surface area contributed by atoms with Crippen LogP contribution in [0.3, 0.4) is 0 Å². The summed E-state index contributed by atoms with van der Waals surface area (Å²) in [6.07, 6.45) is -5.83. The Hall–Kier alpha value is -3.41. The monoisotopic (exact) mass is 528 g/mol. The minimum Gasteiger partial charge on any atom is -0.487 e. The summed E-state index contributed by atoms with van der Waals surface area (Å²) in [7, 11) is 0. The molecule has 1 aromatic heterocycles. The SMILES string of the molecule is CCOC(=O)[C@H](O)Cc1cc(CC(=O)OC(C)(C)C)ccc1OCc1ccnc(OCCC(F)(F)F)n1. The molecule has 37 heavy (non-hydrogen) atoms. The molecule has 0 bridgehead atoms. The lowest BCUT2D eigenvalue weighted by molar-refractivity contribution is -0.154. The predicted molar refractivity (Wildman–Crippen MR) is 125 cm³/mol. The number of halogens is 3. The fourth-order valence-corrected chi connectivity index (χ4v) is 3.05. The molecule has 2 rings (SSSR count). The van der Waals surface area contributed by atoms with Crippen molar-refractivity contribution in [1.82, 2.24) is 9.97 Å². The van der Waals surface area contributed by atoms with Gasteiger partial charge in [-0.2, -0.15) is 18.2 Å². The first kappa shape index (κ1) is 29.8. The zero-order valence-corrected chi connectivity index (χ0v) is 21.1. The van der Waals surface area contributed by atoms with Gasteiger partial charge in [0.1, 0.15) is 24.6 Å². The van der Waals surface area contributed by atoms with Crippen LogP contribution in [0.5, 0.6) is 11.8 Å². The molecule has 1 aromatic carbocycles. The van der Waals surface area contributed by atoms with E-state index in [1.54, 1.807) is 45.9 Å². The number of alkyl halides is 3. The second-order valence-electron chi connectivity index (χ2n) is 9.01. The molecular formula is C25H31F3N2O7. The third-order valence-corrected chi connectivity index (χ3v) is 4.55. The lowest BCUT2D eigenvalue weighted by Crippen LogP contribution is -2.26. The van der Waals surface area contributed by atoms with Crippen LogP contribution in [0.1, 0.15) is 50.9 Å². The molecule has 0 unspecified atom stereocenters. The number of carbonyl (C=O) groups is 2. The third kappa shape index (κ3) is 11.5. The number of esters is 2. The number of aliphatic hydroxyl groups is 1. The van der Waals surface area contributed by atoms with Gasteiger partial charge in [-0.25, -0.2) is 9.78 Å². The van der Waals surface area contributed by atoms with E-state index in [1.807, 2.05) is 0 Å². The second kappa shape index (κ2) is 13.2. The zero-order chi connectivity index (χ0) is 27.6. The first-order valence-electron chi connectivity index (χ1n) is 11.6. The van der Waals surface area contributed by atoms with E-state index in [1.165, 1.54) is 12.3 Å². The average Bonchev–Trinajstić information content (AvgIpc) is 2.77. The maximum atomic E-state index is 12.3. The molecule has 0 aliphatic heterocycles. The van der Waals surface area contributed by atoms with Crippen molar-refractivity contribution in [2.45, 2.75) is 71.4 Å². The van der Waals surface area contributed by atoms with Crippen LogP contribution in [0.15, 0.2) is 30.5 Å². The van der Waals surface area contributed by atoms with Gasteiger partial charge in [0.2, 0.25) is 0 Å². The molecule has 12 heteroatoms. The fourth-order valence-electron chi connectivity index (χ4n) is 3.05. The molecular weight excluding hydrogens is 497 g/mol. The molecule has 0 aliphatic carbocycles. The Balaban J connectivity index is 2.16. The summed E-state index contributed by atoms with van der Waals surface area (Å²) >= 11 is 0. The highest BCUT2D eigenvalue weighted by Gasteiger charge is 2.27. The van der Waals surface area contributed by atoms with Crippen molar-refractivity contribution >= 4 is 11.9 Å². The summed E-state index contributed by atoms with van der Waals surface area (Å²) in [5.41, 5.74) is 0.676. The Morgan fingerprint density at radius 1 is 1.11 bits per heavy atom. The van der Waals surface area contributed by atoms with E-state index in [9.17, 15) is 27.9 Å². The Kier molecular flexibility index (Phi) is 10.7. The molecule has 1 atom stereocenters. The van der Waals surface area contributed by atoms with Crippen molar-refractivity contribution in [3.05, 3.63) is 47.3 Å². The minimum absolute atomic E-state index is 0.0371. The average molecular weight is 529 g/mol. The molecule has 0 radical (unpaired) electrons. The van der Waals surface area contributed by atoms with E-state index >= 15 is 0 Å². The van der Waals surface area contributed by atoms with Crippen LogP contribution < -0.4 is 9.47 Å². The zero-order valence-electron chi connectivity index (χ0n) is 21.1. The van der Waals surface area contributed by atoms with Crippen LogP contribution in [0.4, 0.5) is 13.2 Å². The van der Waals surface area contributed by atoms with Gasteiger partial charge in [-0.15, -0.1) is 0 Å². The molecule has 1 N–H and O–H groups in total. The van der Waals surface area contributed by atoms with Gasteiger partial charge in [-0.3, -0.25) is 4.79 Å². The Labute approximate surface area is 212 Å². The quantitative estimate of drug-likeness (QED) is 0.411. The molecule has 0 fully saturated rings. The van der Waals surface area contributed by atoms with Gasteiger partial charge in [0.05, 0.1) is 25.1 Å². The highest BCUT2D eigenvalue weighted by Crippen LogP contribution is 2.25. The lowest BCUT2D eigenvalue weighted by atomic mass is 10.0. The number of hydrogen-bond acceptors (Lipinski definition) is 9. The van der Waals surface area contributed by atoms with E-state index in [2.05, 4.69) is 9.97 Å². The van der Waals surface area contributed by atoms with E-state index in [4.69, 9.17) is 18.9 Å². The van der Waals surface area contributed by atoms with Gasteiger partial charge in [0, 0.05) is 12.6 Å². The van der Waals surface area contributed by atoms with Crippen LogP contribution in [0.25, 0.3) is 0 Å². The van der Waals surface area contributed by atoms with Crippen LogP contribution >= 0.6 is 0 Å². The molecule has 2 aromatic rings. The maximum absolute atomic E-state index is 12.3. The minimum atomic E-state index is -4.36. The van der Waals surface area contributed by atoms with Gasteiger partial charge < -0.3 is 24.1 Å². The van der Waals surface area contributed by atoms with Crippen molar-refractivity contribution in [3.8, 4) is 11.8 Å². The summed E-state index contributed by atoms with van der Waals surface area (Å²) in [6.45, 7) is 6.24. The van der Waals surface area contributed by atoms with Crippen molar-refractivity contribution in [2.24, 2.45) is 0 Å². The number of carbonyl (C=O) groups excluding carboxylic acids is 2. The molecule has 0 amide bonds. The third-order valence-electron chi connectivity index (χ3n) is 4.55. The summed E-state index contributed by atoms with van der Waals surface area (Å²) < 4.78 is 57.9. The lowest BCUT2D eigenvalue weighted by Gasteiger charge is -2.20. The summed E-state index contributed by atoms with van der Waals surface area (Å²) in [4.78, 5) is 32.0. The second-order valence-corrected chi connectivity index (χ2v) is 9.01. The number of aromatic nitrogens is 2. The summed E-state index contributed by atoms with van der Waals surface area (Å²) in [6, 6.07) is 6.12. The highest BCUT2D eigenvalue weighted by atomic mass is 19.4. The van der Waals surface area contributed by atoms with Crippen molar-refractivity contribution in [3.63, 3.8) is 0 Å². The van der Waals surface area contributed by atoms with Gasteiger partial charge in [-0.1, -0.05) is 12.1 Å². The van der Waals surface area contributed by atoms with E-state index in [0.717, 1.165) is 0 Å². The smallest absolute Gasteiger partial charge is 0.392 e. The first-order chi connectivity index (χ1) is 17.3. The molecule has 9 nitrogen and oxygen atoms in total. The van der Waals surface area contributed by atoms with Crippen molar-refractivity contribution in [1.29, 1.82) is 0 Å². The topological polar surface area (TPSA) is 117 Å². The number of aliphatic hydroxyl groups excluding tert-OH is 1. The number of ether oxygens (including phenoxy) is 4. The molecule has 204 valence electrons. The predicted octanol–water partition coefficient (Wildman–Crippen LogP) is 3.74. The van der Waals surface area contributed by atoms with Crippen molar-refractivity contribution < 1.29 is 46.8 Å². The van der Waals surface area contributed by atoms with E-state index in [-0.39, 0.29) is 32.1 Å². The molecule has 0 aliphatic rings. The summed E-state index contributed by atoms with van der Waals surface area (Å²) in [5, 5.41) is 10.3. The number of hydrogen-bond donors (Lipinski definition) is 1. The summed E-state index contributed by atoms with van der Waals surface area (Å²) in [5.74, 6) is -0.950. The molecule has 1 heterocycles. The van der Waals surface area contributed by atoms with E-state index < -0.39 is 42.8 Å². The van der Waals surface area contributed by atoms with Crippen molar-refractivity contribution in [2.75, 3.05) is 13.2 Å². The Morgan fingerprint density at radius 3 is 2.49 bits per heavy atom. The van der Waals surface area contributed by atoms with Crippen LogP contribution in [0, 0.1) is 0 Å². The Morgan fingerprint density at radius 2 is 1.84 bits per heavy atom. The van der Waals surface area contributed by atoms with Crippen LogP contribution in [-0.2, 0) is 38.5 Å². The highest BCUT2D eigenvalue weighted by molar-refractivity contribution is 5.75. The molecule has 0 saturated carbocycles. The van der Waals surface area contributed by atoms with E-state index in [0.29, 0.717) is 22.6 Å². The standard InChI is InChI=1S/C25H31F3N2O7/c1-5-34-22(33)19(31)14-17-12-16(13-21(32)37-24(2,3)4)6-7-20(17)36-15-18-8-10-29-23(30-18)35-11-9-25(26,27)28/h6-8,10,12,19,31H,5,9,11,13-15H2,1-4H3/t19-/m1/s1. The van der Waals surface area contributed by atoms with Crippen LogP contribution in [-0.4, -0.2) is 58.1 Å². The Bertz CT molecular complexity index is 1060. The van der Waals surface area contributed by atoms with Gasteiger partial charge in [-0.05, 0) is 51.0 Å². The normalized spacial score (nSPS) is 12.5. The van der Waals surface area contributed by atoms with Crippen LogP contribution in [0.2, 0.25) is 0 Å². The fraction of sp³-hybridized carbons (Fsp3) is 0.520. The first-order valence-corrected chi connectivity index (χ1v) is 11.6. The van der Waals surface area contributed by atoms with Gasteiger partial charge >= 0.3 is 24.1 Å². The number of rotatable bonds is 12.